The molecule has 1 aliphatic rings. The van der Waals surface area contributed by atoms with Crippen molar-refractivity contribution >= 4 is 23.4 Å². The lowest BCUT2D eigenvalue weighted by molar-refractivity contribution is -0.124. The van der Waals surface area contributed by atoms with Gasteiger partial charge in [-0.05, 0) is 30.7 Å². The fourth-order valence-corrected chi connectivity index (χ4v) is 4.23. The van der Waals surface area contributed by atoms with Crippen LogP contribution in [0.25, 0.3) is 0 Å². The highest BCUT2D eigenvalue weighted by atomic mass is 35.5. The number of ether oxygens (including phenoxy) is 3. The molecule has 2 aromatic rings. The van der Waals surface area contributed by atoms with Crippen molar-refractivity contribution in [3.8, 4) is 11.5 Å². The zero-order chi connectivity index (χ0) is 23.1. The van der Waals surface area contributed by atoms with E-state index in [1.54, 1.807) is 56.6 Å². The van der Waals surface area contributed by atoms with Crippen molar-refractivity contribution in [3.63, 3.8) is 0 Å². The van der Waals surface area contributed by atoms with Gasteiger partial charge in [-0.2, -0.15) is 0 Å². The largest absolute Gasteiger partial charge is 0.497 e. The number of nitrogens with one attached hydrogen (secondary N) is 1. The van der Waals surface area contributed by atoms with E-state index >= 15 is 0 Å². The van der Waals surface area contributed by atoms with Gasteiger partial charge in [0.2, 0.25) is 5.91 Å². The van der Waals surface area contributed by atoms with Crippen LogP contribution in [0.4, 0.5) is 0 Å². The van der Waals surface area contributed by atoms with Gasteiger partial charge in [-0.3, -0.25) is 9.59 Å². The van der Waals surface area contributed by atoms with Crippen molar-refractivity contribution in [3.05, 3.63) is 58.6 Å². The number of carbonyl (C=O) groups is 2. The van der Waals surface area contributed by atoms with Crippen molar-refractivity contribution in [2.45, 2.75) is 12.3 Å². The average molecular weight is 461 g/mol. The van der Waals surface area contributed by atoms with Crippen molar-refractivity contribution in [1.82, 2.24) is 10.2 Å². The lowest BCUT2D eigenvalue weighted by Crippen LogP contribution is -2.36. The summed E-state index contributed by atoms with van der Waals surface area (Å²) in [7, 11) is 4.80. The van der Waals surface area contributed by atoms with E-state index in [9.17, 15) is 9.59 Å². The number of carbonyl (C=O) groups excluding carboxylic acids is 2. The summed E-state index contributed by atoms with van der Waals surface area (Å²) in [5, 5.41) is 3.48. The van der Waals surface area contributed by atoms with Crippen LogP contribution in [0.5, 0.6) is 11.5 Å². The van der Waals surface area contributed by atoms with Crippen molar-refractivity contribution in [1.29, 1.82) is 0 Å². The molecule has 3 rings (SSSR count). The Morgan fingerprint density at radius 3 is 2.59 bits per heavy atom. The number of halogens is 1. The van der Waals surface area contributed by atoms with E-state index in [-0.39, 0.29) is 17.7 Å². The van der Waals surface area contributed by atoms with Crippen LogP contribution >= 0.6 is 11.6 Å². The number of nitrogens with zero attached hydrogens (tertiary/aromatic N) is 1. The highest BCUT2D eigenvalue weighted by Crippen LogP contribution is 2.39. The van der Waals surface area contributed by atoms with E-state index in [0.717, 1.165) is 12.0 Å². The van der Waals surface area contributed by atoms with Gasteiger partial charge in [0.25, 0.3) is 5.91 Å². The van der Waals surface area contributed by atoms with E-state index < -0.39 is 5.92 Å². The molecule has 0 saturated carbocycles. The zero-order valence-electron chi connectivity index (χ0n) is 18.6. The standard InChI is InChI=1S/C24H29ClN2O5/c1-30-11-5-10-26-23(28)21-15-27(24(29)16-6-4-7-17(25)12-16)14-20(21)19-9-8-18(31-2)13-22(19)32-3/h4,6-9,12-13,20-21H,5,10-11,14-15H2,1-3H3,(H,26,28)/t20-,21-/m1/s1. The lowest BCUT2D eigenvalue weighted by Gasteiger charge is -2.21. The van der Waals surface area contributed by atoms with Crippen LogP contribution in [0, 0.1) is 5.92 Å². The van der Waals surface area contributed by atoms with Gasteiger partial charge in [-0.25, -0.2) is 0 Å². The molecule has 0 aliphatic carbocycles. The van der Waals surface area contributed by atoms with E-state index in [1.165, 1.54) is 0 Å². The van der Waals surface area contributed by atoms with Gasteiger partial charge < -0.3 is 24.4 Å². The first-order chi connectivity index (χ1) is 15.5. The third-order valence-corrected chi connectivity index (χ3v) is 5.92. The monoisotopic (exact) mass is 460 g/mol. The van der Waals surface area contributed by atoms with Gasteiger partial charge in [-0.15, -0.1) is 0 Å². The highest BCUT2D eigenvalue weighted by Gasteiger charge is 2.41. The molecule has 8 heteroatoms. The molecule has 0 radical (unpaired) electrons. The Morgan fingerprint density at radius 2 is 1.91 bits per heavy atom. The average Bonchev–Trinajstić information content (AvgIpc) is 3.26. The SMILES string of the molecule is COCCCNC(=O)[C@@H]1CN(C(=O)c2cccc(Cl)c2)C[C@@H]1c1ccc(OC)cc1OC. The molecular weight excluding hydrogens is 432 g/mol. The second-order valence-electron chi connectivity index (χ2n) is 7.68. The maximum Gasteiger partial charge on any atom is 0.253 e. The highest BCUT2D eigenvalue weighted by molar-refractivity contribution is 6.30. The number of hydrogen-bond donors (Lipinski definition) is 1. The predicted molar refractivity (Wildman–Crippen MR) is 123 cm³/mol. The first kappa shape index (κ1) is 23.9. The molecule has 0 unspecified atom stereocenters. The molecule has 0 bridgehead atoms. The molecule has 1 fully saturated rings. The van der Waals surface area contributed by atoms with Crippen LogP contribution in [0.15, 0.2) is 42.5 Å². The minimum absolute atomic E-state index is 0.0923. The Labute approximate surface area is 193 Å². The Bertz CT molecular complexity index is 952. The Balaban J connectivity index is 1.87. The molecule has 0 spiro atoms. The van der Waals surface area contributed by atoms with Gasteiger partial charge in [0, 0.05) is 61.5 Å². The Kier molecular flexibility index (Phi) is 8.36. The molecule has 2 amide bonds. The third-order valence-electron chi connectivity index (χ3n) is 5.68. The fraction of sp³-hybridized carbons (Fsp3) is 0.417. The number of methoxy groups -OCH3 is 3. The summed E-state index contributed by atoms with van der Waals surface area (Å²) in [5.41, 5.74) is 1.37. The number of hydrogen-bond acceptors (Lipinski definition) is 5. The number of likely N-dealkylation sites (tertiary alicyclic amines) is 1. The minimum atomic E-state index is -0.414. The van der Waals surface area contributed by atoms with Crippen molar-refractivity contribution in [2.24, 2.45) is 5.92 Å². The van der Waals surface area contributed by atoms with Gasteiger partial charge in [0.05, 0.1) is 20.1 Å². The quantitative estimate of drug-likeness (QED) is 0.580. The summed E-state index contributed by atoms with van der Waals surface area (Å²) in [6, 6.07) is 12.4. The molecule has 1 aliphatic heterocycles. The molecule has 172 valence electrons. The third kappa shape index (κ3) is 5.53. The molecule has 1 saturated heterocycles. The summed E-state index contributed by atoms with van der Waals surface area (Å²) in [4.78, 5) is 28.0. The summed E-state index contributed by atoms with van der Waals surface area (Å²) in [6.07, 6.45) is 0.719. The first-order valence-electron chi connectivity index (χ1n) is 10.5. The second-order valence-corrected chi connectivity index (χ2v) is 8.12. The van der Waals surface area contributed by atoms with Gasteiger partial charge in [0.15, 0.2) is 0 Å². The van der Waals surface area contributed by atoms with Crippen LogP contribution < -0.4 is 14.8 Å². The molecule has 2 atom stereocenters. The van der Waals surface area contributed by atoms with Crippen LogP contribution in [-0.4, -0.2) is 64.3 Å². The minimum Gasteiger partial charge on any atom is -0.497 e. The van der Waals surface area contributed by atoms with E-state index in [1.807, 2.05) is 12.1 Å². The molecule has 1 heterocycles. The number of benzene rings is 2. The summed E-state index contributed by atoms with van der Waals surface area (Å²) in [6.45, 7) is 1.78. The lowest BCUT2D eigenvalue weighted by atomic mass is 9.87. The van der Waals surface area contributed by atoms with Gasteiger partial charge >= 0.3 is 0 Å². The Morgan fingerprint density at radius 1 is 1.09 bits per heavy atom. The maximum absolute atomic E-state index is 13.2. The zero-order valence-corrected chi connectivity index (χ0v) is 19.4. The van der Waals surface area contributed by atoms with E-state index in [4.69, 9.17) is 25.8 Å². The van der Waals surface area contributed by atoms with Gasteiger partial charge in [0.1, 0.15) is 11.5 Å². The van der Waals surface area contributed by atoms with Crippen molar-refractivity contribution in [2.75, 3.05) is 47.6 Å². The molecular formula is C24H29ClN2O5. The van der Waals surface area contributed by atoms with Crippen LogP contribution in [0.2, 0.25) is 5.02 Å². The number of rotatable bonds is 9. The second kappa shape index (κ2) is 11.2. The van der Waals surface area contributed by atoms with E-state index in [0.29, 0.717) is 48.3 Å². The molecule has 32 heavy (non-hydrogen) atoms. The summed E-state index contributed by atoms with van der Waals surface area (Å²) < 4.78 is 15.9. The molecule has 7 nitrogen and oxygen atoms in total. The van der Waals surface area contributed by atoms with Crippen molar-refractivity contribution < 1.29 is 23.8 Å². The Hall–Kier alpha value is -2.77. The predicted octanol–water partition coefficient (Wildman–Crippen LogP) is 3.37. The normalized spacial score (nSPS) is 17.8. The molecule has 1 N–H and O–H groups in total. The smallest absolute Gasteiger partial charge is 0.253 e. The van der Waals surface area contributed by atoms with Crippen LogP contribution in [0.1, 0.15) is 28.3 Å². The first-order valence-corrected chi connectivity index (χ1v) is 10.9. The fourth-order valence-electron chi connectivity index (χ4n) is 4.04. The van der Waals surface area contributed by atoms with Gasteiger partial charge in [-0.1, -0.05) is 23.7 Å². The summed E-state index contributed by atoms with van der Waals surface area (Å²) >= 11 is 6.08. The number of amides is 2. The van der Waals surface area contributed by atoms with E-state index in [2.05, 4.69) is 5.32 Å². The van der Waals surface area contributed by atoms with Crippen LogP contribution in [0.3, 0.4) is 0 Å². The topological polar surface area (TPSA) is 77.1 Å². The molecule has 0 aromatic heterocycles. The van der Waals surface area contributed by atoms with Crippen LogP contribution in [-0.2, 0) is 9.53 Å². The molecule has 2 aromatic carbocycles. The summed E-state index contributed by atoms with van der Waals surface area (Å²) in [5.74, 6) is 0.411. The maximum atomic E-state index is 13.2.